The van der Waals surface area contributed by atoms with E-state index in [1.54, 1.807) is 18.2 Å². The van der Waals surface area contributed by atoms with E-state index < -0.39 is 23.7 Å². The van der Waals surface area contributed by atoms with Gasteiger partial charge in [0.1, 0.15) is 0 Å². The maximum atomic E-state index is 11.9. The number of carbonyl (C=O) groups is 3. The Balaban J connectivity index is 1.87. The van der Waals surface area contributed by atoms with E-state index in [2.05, 4.69) is 20.3 Å². The van der Waals surface area contributed by atoms with Gasteiger partial charge in [0.05, 0.1) is 12.6 Å². The van der Waals surface area contributed by atoms with Gasteiger partial charge in [0.2, 0.25) is 0 Å². The van der Waals surface area contributed by atoms with E-state index in [4.69, 9.17) is 9.47 Å². The van der Waals surface area contributed by atoms with Crippen LogP contribution in [0.15, 0.2) is 30.0 Å². The molecule has 0 unspecified atom stereocenters. The second-order valence-corrected chi connectivity index (χ2v) is 5.71. The highest BCUT2D eigenvalue weighted by atomic mass is 16.7. The molecular formula is C16H15N3O6. The molecule has 1 aliphatic heterocycles. The fourth-order valence-corrected chi connectivity index (χ4v) is 2.29. The lowest BCUT2D eigenvalue weighted by Crippen LogP contribution is -2.42. The second-order valence-electron chi connectivity index (χ2n) is 5.71. The van der Waals surface area contributed by atoms with Crippen molar-refractivity contribution in [2.75, 3.05) is 12.4 Å². The van der Waals surface area contributed by atoms with Crippen molar-refractivity contribution in [3.63, 3.8) is 0 Å². The van der Waals surface area contributed by atoms with Crippen molar-refractivity contribution in [3.8, 4) is 0 Å². The molecule has 130 valence electrons. The molecule has 9 nitrogen and oxygen atoms in total. The lowest BCUT2D eigenvalue weighted by Gasteiger charge is -2.29. The largest absolute Gasteiger partial charge is 0.464 e. The molecule has 25 heavy (non-hydrogen) atoms. The van der Waals surface area contributed by atoms with Gasteiger partial charge in [0.25, 0.3) is 5.79 Å². The predicted octanol–water partition coefficient (Wildman–Crippen LogP) is 1.48. The summed E-state index contributed by atoms with van der Waals surface area (Å²) in [4.78, 5) is 35.5. The van der Waals surface area contributed by atoms with E-state index in [9.17, 15) is 14.4 Å². The standard InChI is InChI=1S/C16H15N3O6/c1-16(2)24-13(20)10(14(21)25-16)7-17-8-4-5-11-9(6-8)12(19-18-11)15(22)23-3/h4-7,17H,1-3H3,(H,18,19). The first-order valence-electron chi connectivity index (χ1n) is 7.30. The minimum atomic E-state index is -1.30. The van der Waals surface area contributed by atoms with Crippen LogP contribution < -0.4 is 5.32 Å². The minimum absolute atomic E-state index is 0.132. The molecule has 0 radical (unpaired) electrons. The zero-order valence-corrected chi connectivity index (χ0v) is 13.7. The topological polar surface area (TPSA) is 120 Å². The molecule has 2 heterocycles. The van der Waals surface area contributed by atoms with Crippen LogP contribution in [0.25, 0.3) is 10.9 Å². The summed E-state index contributed by atoms with van der Waals surface area (Å²) in [7, 11) is 1.26. The Labute approximate surface area is 141 Å². The first kappa shape index (κ1) is 16.5. The summed E-state index contributed by atoms with van der Waals surface area (Å²) in [6.07, 6.45) is 1.19. The van der Waals surface area contributed by atoms with E-state index in [1.807, 2.05) is 0 Å². The van der Waals surface area contributed by atoms with Gasteiger partial charge >= 0.3 is 17.9 Å². The zero-order chi connectivity index (χ0) is 18.2. The number of aromatic nitrogens is 2. The molecule has 1 fully saturated rings. The van der Waals surface area contributed by atoms with Crippen molar-refractivity contribution in [3.05, 3.63) is 35.7 Å². The second kappa shape index (κ2) is 5.93. The SMILES string of the molecule is COC(=O)c1n[nH]c2ccc(NC=C3C(=O)OC(C)(C)OC3=O)cc12. The van der Waals surface area contributed by atoms with E-state index in [1.165, 1.54) is 27.2 Å². The van der Waals surface area contributed by atoms with Gasteiger partial charge in [0.15, 0.2) is 11.3 Å². The molecule has 2 aromatic rings. The van der Waals surface area contributed by atoms with Gasteiger partial charge in [-0.05, 0) is 18.2 Å². The van der Waals surface area contributed by atoms with E-state index in [0.29, 0.717) is 16.6 Å². The van der Waals surface area contributed by atoms with Crippen molar-refractivity contribution >= 4 is 34.5 Å². The summed E-state index contributed by atoms with van der Waals surface area (Å²) in [6, 6.07) is 5.00. The summed E-state index contributed by atoms with van der Waals surface area (Å²) < 4.78 is 14.7. The molecule has 0 spiro atoms. The molecule has 0 atom stereocenters. The zero-order valence-electron chi connectivity index (χ0n) is 13.7. The fourth-order valence-electron chi connectivity index (χ4n) is 2.29. The van der Waals surface area contributed by atoms with Gasteiger partial charge in [-0.2, -0.15) is 5.10 Å². The van der Waals surface area contributed by atoms with Crippen LogP contribution in [0.5, 0.6) is 0 Å². The number of nitrogens with one attached hydrogen (secondary N) is 2. The Hall–Kier alpha value is -3.36. The highest BCUT2D eigenvalue weighted by Gasteiger charge is 2.38. The number of fused-ring (bicyclic) bond motifs is 1. The molecule has 0 saturated carbocycles. The number of rotatable bonds is 3. The van der Waals surface area contributed by atoms with Gasteiger partial charge in [-0.15, -0.1) is 0 Å². The van der Waals surface area contributed by atoms with Crippen LogP contribution in [0.1, 0.15) is 24.3 Å². The molecule has 3 rings (SSSR count). The van der Waals surface area contributed by atoms with Crippen LogP contribution in [0.4, 0.5) is 5.69 Å². The lowest BCUT2D eigenvalue weighted by atomic mass is 10.2. The molecule has 1 aromatic heterocycles. The normalized spacial score (nSPS) is 16.2. The van der Waals surface area contributed by atoms with E-state index in [-0.39, 0.29) is 11.3 Å². The van der Waals surface area contributed by atoms with Crippen LogP contribution in [0.3, 0.4) is 0 Å². The lowest BCUT2D eigenvalue weighted by molar-refractivity contribution is -0.222. The Morgan fingerprint density at radius 1 is 1.28 bits per heavy atom. The number of nitrogens with zero attached hydrogens (tertiary/aromatic N) is 1. The van der Waals surface area contributed by atoms with E-state index >= 15 is 0 Å². The number of esters is 3. The molecule has 9 heteroatoms. The maximum Gasteiger partial charge on any atom is 0.359 e. The molecular weight excluding hydrogens is 330 g/mol. The summed E-state index contributed by atoms with van der Waals surface area (Å²) in [6.45, 7) is 2.93. The summed E-state index contributed by atoms with van der Waals surface area (Å²) in [5, 5.41) is 9.97. The van der Waals surface area contributed by atoms with Crippen LogP contribution in [-0.4, -0.2) is 41.0 Å². The highest BCUT2D eigenvalue weighted by molar-refractivity contribution is 6.15. The minimum Gasteiger partial charge on any atom is -0.464 e. The first-order valence-corrected chi connectivity index (χ1v) is 7.30. The fraction of sp³-hybridized carbons (Fsp3) is 0.250. The average Bonchev–Trinajstić information content (AvgIpc) is 2.95. The molecule has 0 aliphatic carbocycles. The molecule has 2 N–H and O–H groups in total. The van der Waals surface area contributed by atoms with E-state index in [0.717, 1.165) is 0 Å². The molecule has 0 bridgehead atoms. The summed E-state index contributed by atoms with van der Waals surface area (Å²) in [5.74, 6) is -3.44. The molecule has 1 saturated heterocycles. The number of cyclic esters (lactones) is 2. The Morgan fingerprint density at radius 2 is 1.96 bits per heavy atom. The Bertz CT molecular complexity index is 890. The number of aromatic amines is 1. The highest BCUT2D eigenvalue weighted by Crippen LogP contribution is 2.24. The predicted molar refractivity (Wildman–Crippen MR) is 85.4 cm³/mol. The van der Waals surface area contributed by atoms with Crippen LogP contribution in [-0.2, 0) is 23.8 Å². The Kier molecular flexibility index (Phi) is 3.91. The van der Waals surface area contributed by atoms with Crippen molar-refractivity contribution in [2.24, 2.45) is 0 Å². The van der Waals surface area contributed by atoms with Crippen LogP contribution in [0, 0.1) is 0 Å². The van der Waals surface area contributed by atoms with Gasteiger partial charge in [-0.1, -0.05) is 0 Å². The van der Waals surface area contributed by atoms with Crippen molar-refractivity contribution in [1.29, 1.82) is 0 Å². The quantitative estimate of drug-likeness (QED) is 0.488. The first-order chi connectivity index (χ1) is 11.8. The number of anilines is 1. The molecule has 1 aliphatic rings. The average molecular weight is 345 g/mol. The van der Waals surface area contributed by atoms with Crippen molar-refractivity contribution in [2.45, 2.75) is 19.6 Å². The third kappa shape index (κ3) is 3.16. The third-order valence-corrected chi connectivity index (χ3v) is 3.44. The number of carbonyl (C=O) groups excluding carboxylic acids is 3. The van der Waals surface area contributed by atoms with Gasteiger partial charge in [0, 0.05) is 31.1 Å². The third-order valence-electron chi connectivity index (χ3n) is 3.44. The number of methoxy groups -OCH3 is 1. The summed E-state index contributed by atoms with van der Waals surface area (Å²) in [5.41, 5.74) is 1.03. The van der Waals surface area contributed by atoms with Crippen molar-refractivity contribution in [1.82, 2.24) is 10.2 Å². The van der Waals surface area contributed by atoms with Crippen molar-refractivity contribution < 1.29 is 28.6 Å². The molecule has 0 amide bonds. The number of H-pyrrole nitrogens is 1. The van der Waals surface area contributed by atoms with Crippen LogP contribution in [0.2, 0.25) is 0 Å². The molecule has 1 aromatic carbocycles. The maximum absolute atomic E-state index is 11.9. The van der Waals surface area contributed by atoms with Gasteiger partial charge in [-0.3, -0.25) is 5.10 Å². The monoisotopic (exact) mass is 345 g/mol. The number of hydrogen-bond donors (Lipinski definition) is 2. The van der Waals surface area contributed by atoms with Gasteiger partial charge < -0.3 is 19.5 Å². The number of benzene rings is 1. The Morgan fingerprint density at radius 3 is 2.60 bits per heavy atom. The van der Waals surface area contributed by atoms with Crippen LogP contribution >= 0.6 is 0 Å². The summed E-state index contributed by atoms with van der Waals surface area (Å²) >= 11 is 0. The number of ether oxygens (including phenoxy) is 3. The smallest absolute Gasteiger partial charge is 0.359 e. The van der Waals surface area contributed by atoms with Gasteiger partial charge in [-0.25, -0.2) is 14.4 Å². The number of hydrogen-bond acceptors (Lipinski definition) is 8.